The van der Waals surface area contributed by atoms with Gasteiger partial charge in [0.05, 0.1) is 16.7 Å². The Bertz CT molecular complexity index is 875. The second-order valence-corrected chi connectivity index (χ2v) is 6.61. The second-order valence-electron chi connectivity index (χ2n) is 5.51. The molecule has 0 fully saturated rings. The number of thioether (sulfide) groups is 1. The number of carbonyl (C=O) groups excluding carboxylic acids is 1. The zero-order valence-electron chi connectivity index (χ0n) is 12.7. The monoisotopic (exact) mass is 337 g/mol. The van der Waals surface area contributed by atoms with Crippen molar-refractivity contribution in [2.24, 2.45) is 0 Å². The lowest BCUT2D eigenvalue weighted by molar-refractivity contribution is -0.113. The van der Waals surface area contributed by atoms with Crippen LogP contribution < -0.4 is 5.32 Å². The van der Waals surface area contributed by atoms with E-state index in [1.54, 1.807) is 30.2 Å². The van der Waals surface area contributed by atoms with Gasteiger partial charge in [0, 0.05) is 5.69 Å². The summed E-state index contributed by atoms with van der Waals surface area (Å²) in [5.74, 6) is 1.12. The molecule has 1 amide bonds. The van der Waals surface area contributed by atoms with E-state index < -0.39 is 0 Å². The fourth-order valence-electron chi connectivity index (χ4n) is 2.81. The zero-order valence-corrected chi connectivity index (χ0v) is 13.5. The summed E-state index contributed by atoms with van der Waals surface area (Å²) >= 11 is 1.55. The van der Waals surface area contributed by atoms with E-state index >= 15 is 0 Å². The minimum Gasteiger partial charge on any atom is -0.508 e. The van der Waals surface area contributed by atoms with Gasteiger partial charge in [-0.3, -0.25) is 9.36 Å². The molecule has 2 heterocycles. The molecule has 2 N–H and O–H groups in total. The molecule has 0 spiro atoms. The summed E-state index contributed by atoms with van der Waals surface area (Å²) in [6.07, 6.45) is 1.74. The summed E-state index contributed by atoms with van der Waals surface area (Å²) in [6, 6.07) is 17.0. The number of imidazole rings is 1. The number of fused-ring (bicyclic) bond motifs is 1. The standard InChI is InChI=1S/C18H15N3O2S/c22-14-8-6-12(7-9-14)17-16-18(20-15(23)10-24-17)19-11-21(16)13-4-2-1-3-5-13/h1-9,11,17,22H,10H2,(H,20,23)/t17-/m0/s1. The number of phenolic OH excluding ortho intramolecular Hbond substituents is 1. The first-order valence-corrected chi connectivity index (χ1v) is 8.60. The summed E-state index contributed by atoms with van der Waals surface area (Å²) in [5.41, 5.74) is 2.95. The molecule has 0 bridgehead atoms. The molecule has 4 rings (SSSR count). The molecular weight excluding hydrogens is 322 g/mol. The molecule has 1 aromatic heterocycles. The van der Waals surface area contributed by atoms with Gasteiger partial charge in [-0.05, 0) is 29.8 Å². The summed E-state index contributed by atoms with van der Waals surface area (Å²) in [4.78, 5) is 16.4. The Balaban J connectivity index is 1.87. The molecule has 0 radical (unpaired) electrons. The Morgan fingerprint density at radius 2 is 1.88 bits per heavy atom. The number of aromatic nitrogens is 2. The molecule has 120 valence electrons. The molecule has 0 unspecified atom stereocenters. The van der Waals surface area contributed by atoms with Crippen LogP contribution in [0.15, 0.2) is 60.9 Å². The SMILES string of the molecule is O=C1CS[C@@H](c2ccc(O)cc2)c2c(ncn2-c2ccccc2)N1. The smallest absolute Gasteiger partial charge is 0.235 e. The predicted molar refractivity (Wildman–Crippen MR) is 94.6 cm³/mol. The van der Waals surface area contributed by atoms with E-state index in [1.807, 2.05) is 47.0 Å². The normalized spacial score (nSPS) is 17.0. The molecule has 1 aliphatic heterocycles. The van der Waals surface area contributed by atoms with Gasteiger partial charge in [0.1, 0.15) is 12.1 Å². The summed E-state index contributed by atoms with van der Waals surface area (Å²) in [7, 11) is 0. The van der Waals surface area contributed by atoms with Crippen molar-refractivity contribution in [2.45, 2.75) is 5.25 Å². The maximum absolute atomic E-state index is 12.0. The minimum absolute atomic E-state index is 0.0535. The van der Waals surface area contributed by atoms with Crippen molar-refractivity contribution in [3.05, 3.63) is 72.2 Å². The van der Waals surface area contributed by atoms with Gasteiger partial charge >= 0.3 is 0 Å². The summed E-state index contributed by atoms with van der Waals surface area (Å²) in [5, 5.41) is 12.4. The van der Waals surface area contributed by atoms with Gasteiger partial charge in [0.25, 0.3) is 0 Å². The third kappa shape index (κ3) is 2.65. The van der Waals surface area contributed by atoms with E-state index in [2.05, 4.69) is 10.3 Å². The van der Waals surface area contributed by atoms with Gasteiger partial charge in [-0.15, -0.1) is 11.8 Å². The van der Waals surface area contributed by atoms with E-state index in [1.165, 1.54) is 0 Å². The quantitative estimate of drug-likeness (QED) is 0.752. The average molecular weight is 337 g/mol. The first-order chi connectivity index (χ1) is 11.7. The van der Waals surface area contributed by atoms with Crippen molar-refractivity contribution >= 4 is 23.5 Å². The highest BCUT2D eigenvalue weighted by Gasteiger charge is 2.29. The number of para-hydroxylation sites is 1. The lowest BCUT2D eigenvalue weighted by Crippen LogP contribution is -2.12. The fourth-order valence-corrected chi connectivity index (χ4v) is 3.93. The van der Waals surface area contributed by atoms with Crippen LogP contribution in [-0.4, -0.2) is 26.3 Å². The molecule has 1 atom stereocenters. The third-order valence-corrected chi connectivity index (χ3v) is 5.18. The Morgan fingerprint density at radius 3 is 2.62 bits per heavy atom. The number of anilines is 1. The maximum atomic E-state index is 12.0. The van der Waals surface area contributed by atoms with Crippen LogP contribution in [0.1, 0.15) is 16.5 Å². The van der Waals surface area contributed by atoms with Gasteiger partial charge in [-0.25, -0.2) is 4.98 Å². The first-order valence-electron chi connectivity index (χ1n) is 7.55. The molecule has 1 aliphatic rings. The largest absolute Gasteiger partial charge is 0.508 e. The number of benzene rings is 2. The van der Waals surface area contributed by atoms with Crippen molar-refractivity contribution < 1.29 is 9.90 Å². The van der Waals surface area contributed by atoms with E-state index in [0.29, 0.717) is 11.6 Å². The zero-order chi connectivity index (χ0) is 16.5. The molecule has 24 heavy (non-hydrogen) atoms. The lowest BCUT2D eigenvalue weighted by atomic mass is 10.1. The number of hydrogen-bond acceptors (Lipinski definition) is 4. The third-order valence-electron chi connectivity index (χ3n) is 3.92. The second kappa shape index (κ2) is 6.05. The molecule has 2 aromatic carbocycles. The average Bonchev–Trinajstić information content (AvgIpc) is 2.93. The van der Waals surface area contributed by atoms with E-state index in [4.69, 9.17) is 0 Å². The molecule has 0 aliphatic carbocycles. The van der Waals surface area contributed by atoms with Crippen molar-refractivity contribution in [1.82, 2.24) is 9.55 Å². The van der Waals surface area contributed by atoms with Crippen LogP contribution in [0, 0.1) is 0 Å². The predicted octanol–water partition coefficient (Wildman–Crippen LogP) is 3.35. The number of carbonyl (C=O) groups is 1. The van der Waals surface area contributed by atoms with Crippen LogP contribution in [-0.2, 0) is 4.79 Å². The molecule has 6 heteroatoms. The Morgan fingerprint density at radius 1 is 1.12 bits per heavy atom. The van der Waals surface area contributed by atoms with Crippen molar-refractivity contribution in [3.63, 3.8) is 0 Å². The van der Waals surface area contributed by atoms with Crippen LogP contribution in [0.2, 0.25) is 0 Å². The van der Waals surface area contributed by atoms with Crippen LogP contribution >= 0.6 is 11.8 Å². The number of amides is 1. The highest BCUT2D eigenvalue weighted by atomic mass is 32.2. The lowest BCUT2D eigenvalue weighted by Gasteiger charge is -2.18. The van der Waals surface area contributed by atoms with E-state index in [-0.39, 0.29) is 16.9 Å². The van der Waals surface area contributed by atoms with Gasteiger partial charge < -0.3 is 10.4 Å². The number of nitrogens with zero attached hydrogens (tertiary/aromatic N) is 2. The van der Waals surface area contributed by atoms with Crippen LogP contribution in [0.25, 0.3) is 5.69 Å². The van der Waals surface area contributed by atoms with Crippen molar-refractivity contribution in [3.8, 4) is 11.4 Å². The molecule has 0 saturated carbocycles. The van der Waals surface area contributed by atoms with Gasteiger partial charge in [0.2, 0.25) is 5.91 Å². The topological polar surface area (TPSA) is 67.1 Å². The molecule has 3 aromatic rings. The fraction of sp³-hybridized carbons (Fsp3) is 0.111. The van der Waals surface area contributed by atoms with Crippen LogP contribution in [0.5, 0.6) is 5.75 Å². The van der Waals surface area contributed by atoms with E-state index in [0.717, 1.165) is 16.9 Å². The molecular formula is C18H15N3O2S. The van der Waals surface area contributed by atoms with Crippen molar-refractivity contribution in [1.29, 1.82) is 0 Å². The Kier molecular flexibility index (Phi) is 3.74. The highest BCUT2D eigenvalue weighted by Crippen LogP contribution is 2.42. The Labute approximate surface area is 143 Å². The van der Waals surface area contributed by atoms with Gasteiger partial charge in [-0.1, -0.05) is 30.3 Å². The minimum atomic E-state index is -0.0548. The van der Waals surface area contributed by atoms with Crippen molar-refractivity contribution in [2.75, 3.05) is 11.1 Å². The molecule has 5 nitrogen and oxygen atoms in total. The highest BCUT2D eigenvalue weighted by molar-refractivity contribution is 8.00. The first kappa shape index (κ1) is 14.8. The number of phenols is 1. The Hall–Kier alpha value is -2.73. The number of nitrogens with one attached hydrogen (secondary N) is 1. The van der Waals surface area contributed by atoms with E-state index in [9.17, 15) is 9.90 Å². The van der Waals surface area contributed by atoms with Gasteiger partial charge in [0.15, 0.2) is 5.82 Å². The maximum Gasteiger partial charge on any atom is 0.235 e. The molecule has 0 saturated heterocycles. The summed E-state index contributed by atoms with van der Waals surface area (Å²) in [6.45, 7) is 0. The number of rotatable bonds is 2. The van der Waals surface area contributed by atoms with Gasteiger partial charge in [-0.2, -0.15) is 0 Å². The number of aromatic hydroxyl groups is 1. The number of hydrogen-bond donors (Lipinski definition) is 2. The van der Waals surface area contributed by atoms with Crippen LogP contribution in [0.3, 0.4) is 0 Å². The van der Waals surface area contributed by atoms with Crippen LogP contribution in [0.4, 0.5) is 5.82 Å². The summed E-state index contributed by atoms with van der Waals surface area (Å²) < 4.78 is 2.01.